The largest absolute Gasteiger partial charge is 0.504 e. The fourth-order valence-corrected chi connectivity index (χ4v) is 8.71. The summed E-state index contributed by atoms with van der Waals surface area (Å²) in [5.74, 6) is -0.652. The van der Waals surface area contributed by atoms with Crippen LogP contribution in [0.5, 0.6) is 17.2 Å². The zero-order valence-corrected chi connectivity index (χ0v) is 20.6. The van der Waals surface area contributed by atoms with Crippen LogP contribution in [-0.2, 0) is 14.4 Å². The quantitative estimate of drug-likeness (QED) is 0.240. The van der Waals surface area contributed by atoms with Crippen LogP contribution in [0, 0.1) is 0 Å². The number of phenols is 1. The number of nitrogens with one attached hydrogen (secondary N) is 1. The molecule has 178 valence electrons. The van der Waals surface area contributed by atoms with Crippen LogP contribution < -0.4 is 14.8 Å². The third kappa shape index (κ3) is 3.20. The molecule has 4 N–H and O–H groups in total. The Morgan fingerprint density at radius 2 is 2.03 bits per heavy atom. The number of nitrogens with zero attached hydrogens (tertiary/aromatic N) is 1. The van der Waals surface area contributed by atoms with E-state index in [4.69, 9.17) is 14.3 Å². The monoisotopic (exact) mass is 560 g/mol. The molecule has 6 rings (SSSR count). The molecule has 0 saturated carbocycles. The fraction of sp³-hybridized carbons (Fsp3) is 0.500. The van der Waals surface area contributed by atoms with Crippen LogP contribution in [0.25, 0.3) is 0 Å². The Balaban J connectivity index is 1.59. The molecule has 0 unspecified atom stereocenters. The second kappa shape index (κ2) is 7.95. The molecule has 33 heavy (non-hydrogen) atoms. The number of aliphatic hydroxyl groups excluding tert-OH is 1. The lowest BCUT2D eigenvalue weighted by Crippen LogP contribution is -2.77. The molecule has 4 aliphatic heterocycles. The minimum Gasteiger partial charge on any atom is -0.504 e. The minimum atomic E-state index is -1.65. The summed E-state index contributed by atoms with van der Waals surface area (Å²) in [5.41, 5.74) is -1.31. The van der Waals surface area contributed by atoms with Crippen molar-refractivity contribution in [2.24, 2.45) is 0 Å². The number of carbonyl (C=O) groups excluding carboxylic acids is 2. The Hall–Kier alpha value is -1.64. The molecule has 10 nitrogen and oxygen atoms in total. The summed E-state index contributed by atoms with van der Waals surface area (Å²) < 4.78 is 10.6. The van der Waals surface area contributed by atoms with Gasteiger partial charge in [-0.2, -0.15) is 5.06 Å². The number of piperazine rings is 1. The highest BCUT2D eigenvalue weighted by Gasteiger charge is 2.69. The van der Waals surface area contributed by atoms with E-state index in [2.05, 4.69) is 21.2 Å². The van der Waals surface area contributed by atoms with Gasteiger partial charge in [-0.05, 0) is 6.07 Å². The number of ether oxygens (including phenoxy) is 2. The van der Waals surface area contributed by atoms with Crippen molar-refractivity contribution >= 4 is 49.3 Å². The van der Waals surface area contributed by atoms with Gasteiger partial charge in [-0.3, -0.25) is 14.4 Å². The highest BCUT2D eigenvalue weighted by Crippen LogP contribution is 2.61. The zero-order valence-electron chi connectivity index (χ0n) is 17.4. The summed E-state index contributed by atoms with van der Waals surface area (Å²) in [5, 5.41) is 35.7. The van der Waals surface area contributed by atoms with Gasteiger partial charge < -0.3 is 30.1 Å². The van der Waals surface area contributed by atoms with E-state index in [-0.39, 0.29) is 17.9 Å². The number of aromatic hydroxyl groups is 1. The molecule has 0 aromatic heterocycles. The first-order valence-corrected chi connectivity index (χ1v) is 13.1. The lowest BCUT2D eigenvalue weighted by atomic mass is 9.77. The predicted octanol–water partition coefficient (Wildman–Crippen LogP) is 0.998. The smallest absolute Gasteiger partial charge is 0.272 e. The second-order valence-corrected chi connectivity index (χ2v) is 11.8. The molecule has 5 aliphatic rings. The first kappa shape index (κ1) is 23.1. The molecule has 1 aliphatic carbocycles. The topological polar surface area (TPSA) is 138 Å². The number of carbonyl (C=O) groups is 2. The van der Waals surface area contributed by atoms with E-state index in [0.29, 0.717) is 11.3 Å². The molecule has 1 aromatic rings. The third-order valence-corrected chi connectivity index (χ3v) is 10.8. The number of rotatable bonds is 3. The van der Waals surface area contributed by atoms with Gasteiger partial charge >= 0.3 is 0 Å². The van der Waals surface area contributed by atoms with Gasteiger partial charge in [0.25, 0.3) is 11.8 Å². The van der Waals surface area contributed by atoms with Crippen LogP contribution >= 0.6 is 37.5 Å². The van der Waals surface area contributed by atoms with Gasteiger partial charge in [-0.15, -0.1) is 0 Å². The van der Waals surface area contributed by atoms with Crippen LogP contribution in [0.2, 0.25) is 0 Å². The number of hydrogen-bond donors (Lipinski definition) is 4. The number of methoxy groups -OCH3 is 2. The predicted molar refractivity (Wildman–Crippen MR) is 123 cm³/mol. The van der Waals surface area contributed by atoms with Gasteiger partial charge in [-0.1, -0.05) is 49.7 Å². The number of halogens is 1. The SMILES string of the molecule is COc1cc(OC)c(O)c([C@H]2SS[C@@]34C[C@]5(O)[C@H](Br)C=C[C@@H](O)[C@@H]5ON3C(=O)[C@@H]2NC4=O)c1. The van der Waals surface area contributed by atoms with Crippen LogP contribution in [-0.4, -0.2) is 80.0 Å². The average Bonchev–Trinajstić information content (AvgIpc) is 3.00. The highest BCUT2D eigenvalue weighted by atomic mass is 79.9. The molecule has 2 bridgehead atoms. The van der Waals surface area contributed by atoms with Gasteiger partial charge in [0, 0.05) is 18.1 Å². The Labute approximate surface area is 205 Å². The molecule has 4 saturated heterocycles. The molecule has 4 fully saturated rings. The Bertz CT molecular complexity index is 1060. The first-order valence-electron chi connectivity index (χ1n) is 10.0. The van der Waals surface area contributed by atoms with Crippen molar-refractivity contribution in [2.45, 2.75) is 45.2 Å². The summed E-state index contributed by atoms with van der Waals surface area (Å²) in [6, 6.07) is 2.03. The average molecular weight is 561 g/mol. The zero-order chi connectivity index (χ0) is 23.7. The molecule has 2 amide bonds. The summed E-state index contributed by atoms with van der Waals surface area (Å²) >= 11 is 3.40. The van der Waals surface area contributed by atoms with Gasteiger partial charge in [-0.25, -0.2) is 0 Å². The number of hydrogen-bond acceptors (Lipinski definition) is 10. The van der Waals surface area contributed by atoms with Crippen molar-refractivity contribution < 1.29 is 39.2 Å². The number of aliphatic hydroxyl groups is 2. The number of benzene rings is 1. The maximum atomic E-state index is 13.6. The summed E-state index contributed by atoms with van der Waals surface area (Å²) in [6.07, 6.45) is 0.578. The lowest BCUT2D eigenvalue weighted by molar-refractivity contribution is -0.312. The molecular weight excluding hydrogens is 540 g/mol. The van der Waals surface area contributed by atoms with Crippen LogP contribution in [0.15, 0.2) is 24.3 Å². The Morgan fingerprint density at radius 3 is 2.73 bits per heavy atom. The Kier molecular flexibility index (Phi) is 5.57. The van der Waals surface area contributed by atoms with E-state index in [9.17, 15) is 24.9 Å². The third-order valence-electron chi connectivity index (χ3n) is 6.37. The number of amides is 2. The summed E-state index contributed by atoms with van der Waals surface area (Å²) in [7, 11) is 5.14. The first-order chi connectivity index (χ1) is 15.7. The van der Waals surface area contributed by atoms with Crippen molar-refractivity contribution in [3.8, 4) is 17.2 Å². The van der Waals surface area contributed by atoms with Gasteiger partial charge in [0.05, 0.1) is 24.3 Å². The van der Waals surface area contributed by atoms with Crippen molar-refractivity contribution in [1.82, 2.24) is 10.4 Å². The van der Waals surface area contributed by atoms with E-state index in [0.717, 1.165) is 15.9 Å². The normalized spacial score (nSPS) is 39.4. The highest BCUT2D eigenvalue weighted by molar-refractivity contribution is 9.09. The van der Waals surface area contributed by atoms with Crippen molar-refractivity contribution in [3.63, 3.8) is 0 Å². The molecular formula is C20H21BrN2O8S2. The van der Waals surface area contributed by atoms with Crippen LogP contribution in [0.4, 0.5) is 0 Å². The maximum absolute atomic E-state index is 13.6. The van der Waals surface area contributed by atoms with E-state index < -0.39 is 50.6 Å². The van der Waals surface area contributed by atoms with Crippen molar-refractivity contribution in [2.75, 3.05) is 14.2 Å². The minimum absolute atomic E-state index is 0.163. The fourth-order valence-electron chi connectivity index (χ4n) is 4.60. The van der Waals surface area contributed by atoms with Crippen molar-refractivity contribution in [1.29, 1.82) is 0 Å². The Morgan fingerprint density at radius 1 is 1.27 bits per heavy atom. The standard InChI is InChI=1S/C20H21BrN2O8S2/c1-29-8-5-9(14(25)11(6-8)30-2)15-13-17(26)23-20(33-32-15,18(27)22-13)7-19(28)12(21)4-3-10(24)16(19)31-23/h3-6,10,12-13,15-16,24-25,28H,7H2,1-2H3,(H,22,27)/t10-,12-,13-,15-,16+,19+,20-/m1/s1. The number of hydroxylamine groups is 2. The number of phenolic OH excluding ortho intramolecular Hbond substituents is 1. The molecule has 4 heterocycles. The van der Waals surface area contributed by atoms with Crippen LogP contribution in [0.3, 0.4) is 0 Å². The molecule has 13 heteroatoms. The van der Waals surface area contributed by atoms with Gasteiger partial charge in [0.2, 0.25) is 4.87 Å². The van der Waals surface area contributed by atoms with E-state index in [1.165, 1.54) is 37.2 Å². The van der Waals surface area contributed by atoms with E-state index in [1.807, 2.05) is 0 Å². The lowest BCUT2D eigenvalue weighted by Gasteiger charge is -2.56. The number of alkyl halides is 1. The van der Waals surface area contributed by atoms with E-state index >= 15 is 0 Å². The maximum Gasteiger partial charge on any atom is 0.272 e. The van der Waals surface area contributed by atoms with Crippen LogP contribution in [0.1, 0.15) is 17.2 Å². The summed E-state index contributed by atoms with van der Waals surface area (Å²) in [6.45, 7) is 0. The summed E-state index contributed by atoms with van der Waals surface area (Å²) in [4.78, 5) is 30.6. The molecule has 1 spiro atoms. The molecule has 1 aromatic carbocycles. The molecule has 0 radical (unpaired) electrons. The van der Waals surface area contributed by atoms with E-state index in [1.54, 1.807) is 12.1 Å². The molecule has 7 atom stereocenters. The second-order valence-electron chi connectivity index (χ2n) is 8.21. The number of fused-ring (bicyclic) bond motifs is 4. The van der Waals surface area contributed by atoms with Gasteiger partial charge in [0.15, 0.2) is 11.5 Å². The van der Waals surface area contributed by atoms with Crippen molar-refractivity contribution in [3.05, 3.63) is 29.8 Å². The van der Waals surface area contributed by atoms with Gasteiger partial charge in [0.1, 0.15) is 29.6 Å².